The molecule has 15 heavy (non-hydrogen) atoms. The van der Waals surface area contributed by atoms with Crippen LogP contribution in [0.25, 0.3) is 0 Å². The van der Waals surface area contributed by atoms with Crippen LogP contribution in [0.4, 0.5) is 4.39 Å². The molecule has 1 atom stereocenters. The van der Waals surface area contributed by atoms with Crippen molar-refractivity contribution in [1.29, 1.82) is 0 Å². The number of halogens is 1. The molecule has 2 N–H and O–H groups in total. The zero-order chi connectivity index (χ0) is 11.3. The van der Waals surface area contributed by atoms with Gasteiger partial charge in [-0.1, -0.05) is 13.3 Å². The lowest BCUT2D eigenvalue weighted by molar-refractivity contribution is 0.0916. The Balaban J connectivity index is 2.82. The maximum Gasteiger partial charge on any atom is 0.168 e. The van der Waals surface area contributed by atoms with Gasteiger partial charge < -0.3 is 5.73 Å². The third kappa shape index (κ3) is 3.09. The summed E-state index contributed by atoms with van der Waals surface area (Å²) >= 11 is 0. The zero-order valence-corrected chi connectivity index (χ0v) is 8.74. The molecule has 0 saturated carbocycles. The van der Waals surface area contributed by atoms with Crippen molar-refractivity contribution in [2.24, 2.45) is 11.7 Å². The highest BCUT2D eigenvalue weighted by Crippen LogP contribution is 2.13. The van der Waals surface area contributed by atoms with Gasteiger partial charge in [0.1, 0.15) is 5.82 Å². The number of nitrogens with two attached hydrogens (primary N) is 1. The van der Waals surface area contributed by atoms with E-state index >= 15 is 0 Å². The Morgan fingerprint density at radius 3 is 2.87 bits per heavy atom. The van der Waals surface area contributed by atoms with E-state index in [0.717, 1.165) is 19.0 Å². The summed E-state index contributed by atoms with van der Waals surface area (Å²) in [6.45, 7) is 2.28. The van der Waals surface area contributed by atoms with Crippen LogP contribution in [0.5, 0.6) is 0 Å². The summed E-state index contributed by atoms with van der Waals surface area (Å²) in [5.41, 5.74) is 5.80. The summed E-state index contributed by atoms with van der Waals surface area (Å²) in [5.74, 6) is -0.835. The molecular formula is C11H15FN2O. The quantitative estimate of drug-likeness (QED) is 0.753. The predicted molar refractivity (Wildman–Crippen MR) is 56.0 cm³/mol. The molecule has 0 fully saturated rings. The lowest BCUT2D eigenvalue weighted by Crippen LogP contribution is -2.23. The number of rotatable bonds is 5. The van der Waals surface area contributed by atoms with Crippen molar-refractivity contribution in [3.63, 3.8) is 0 Å². The molecule has 1 aromatic rings. The summed E-state index contributed by atoms with van der Waals surface area (Å²) < 4.78 is 12.8. The Labute approximate surface area is 88.5 Å². The van der Waals surface area contributed by atoms with Gasteiger partial charge >= 0.3 is 0 Å². The first kappa shape index (κ1) is 11.8. The van der Waals surface area contributed by atoms with E-state index in [-0.39, 0.29) is 11.7 Å². The number of carbonyl (C=O) groups is 1. The van der Waals surface area contributed by atoms with Gasteiger partial charge in [-0.05, 0) is 12.5 Å². The van der Waals surface area contributed by atoms with Crippen molar-refractivity contribution in [3.8, 4) is 0 Å². The fraction of sp³-hybridized carbons (Fsp3) is 0.455. The third-order valence-electron chi connectivity index (χ3n) is 2.28. The van der Waals surface area contributed by atoms with Gasteiger partial charge in [-0.3, -0.25) is 9.78 Å². The number of hydrogen-bond acceptors (Lipinski definition) is 3. The molecule has 0 aliphatic heterocycles. The third-order valence-corrected chi connectivity index (χ3v) is 2.28. The minimum absolute atomic E-state index is 0.119. The van der Waals surface area contributed by atoms with Crippen LogP contribution in [-0.2, 0) is 0 Å². The fourth-order valence-corrected chi connectivity index (χ4v) is 1.49. The van der Waals surface area contributed by atoms with Crippen molar-refractivity contribution in [2.45, 2.75) is 19.8 Å². The topological polar surface area (TPSA) is 56.0 Å². The molecule has 1 rings (SSSR count). The van der Waals surface area contributed by atoms with E-state index in [4.69, 9.17) is 5.73 Å². The Morgan fingerprint density at radius 1 is 1.60 bits per heavy atom. The summed E-state index contributed by atoms with van der Waals surface area (Å²) in [7, 11) is 0. The minimum Gasteiger partial charge on any atom is -0.330 e. The standard InChI is InChI=1S/C11H15FN2O/c1-2-3-8(5-13)11(15)9-4-10(12)7-14-6-9/h4,6-8H,2-3,5,13H2,1H3. The van der Waals surface area contributed by atoms with Crippen molar-refractivity contribution in [1.82, 2.24) is 4.98 Å². The monoisotopic (exact) mass is 210 g/mol. The van der Waals surface area contributed by atoms with Gasteiger partial charge in [-0.25, -0.2) is 4.39 Å². The molecule has 0 spiro atoms. The highest BCUT2D eigenvalue weighted by Gasteiger charge is 2.18. The van der Waals surface area contributed by atoms with E-state index in [1.54, 1.807) is 0 Å². The van der Waals surface area contributed by atoms with Crippen LogP contribution in [0.1, 0.15) is 30.1 Å². The Hall–Kier alpha value is -1.29. The molecule has 0 saturated heterocycles. The van der Waals surface area contributed by atoms with E-state index in [0.29, 0.717) is 12.1 Å². The van der Waals surface area contributed by atoms with E-state index in [9.17, 15) is 9.18 Å². The first-order valence-corrected chi connectivity index (χ1v) is 5.03. The molecular weight excluding hydrogens is 195 g/mol. The van der Waals surface area contributed by atoms with Crippen LogP contribution >= 0.6 is 0 Å². The van der Waals surface area contributed by atoms with Gasteiger partial charge in [0.2, 0.25) is 0 Å². The van der Waals surface area contributed by atoms with Crippen LogP contribution in [-0.4, -0.2) is 17.3 Å². The van der Waals surface area contributed by atoms with Crippen LogP contribution in [0, 0.1) is 11.7 Å². The Morgan fingerprint density at radius 2 is 2.33 bits per heavy atom. The predicted octanol–water partition coefficient (Wildman–Crippen LogP) is 1.78. The summed E-state index contributed by atoms with van der Waals surface area (Å²) in [5, 5.41) is 0. The lowest BCUT2D eigenvalue weighted by Gasteiger charge is -2.11. The maximum atomic E-state index is 12.8. The summed E-state index contributed by atoms with van der Waals surface area (Å²) in [6.07, 6.45) is 4.07. The van der Waals surface area contributed by atoms with E-state index in [1.807, 2.05) is 6.92 Å². The van der Waals surface area contributed by atoms with Crippen molar-refractivity contribution < 1.29 is 9.18 Å². The Bertz CT molecular complexity index is 341. The fourth-order valence-electron chi connectivity index (χ4n) is 1.49. The van der Waals surface area contributed by atoms with Crippen LogP contribution < -0.4 is 5.73 Å². The second-order valence-electron chi connectivity index (χ2n) is 3.48. The van der Waals surface area contributed by atoms with Crippen molar-refractivity contribution in [3.05, 3.63) is 29.8 Å². The van der Waals surface area contributed by atoms with Gasteiger partial charge in [-0.2, -0.15) is 0 Å². The first-order chi connectivity index (χ1) is 7.19. The number of hydrogen-bond donors (Lipinski definition) is 1. The molecule has 1 aromatic heterocycles. The number of pyridine rings is 1. The first-order valence-electron chi connectivity index (χ1n) is 5.03. The Kier molecular flexibility index (Phi) is 4.37. The summed E-state index contributed by atoms with van der Waals surface area (Å²) in [6, 6.07) is 1.20. The summed E-state index contributed by atoms with van der Waals surface area (Å²) in [4.78, 5) is 15.5. The molecule has 0 aromatic carbocycles. The lowest BCUT2D eigenvalue weighted by atomic mass is 9.94. The number of nitrogens with zero attached hydrogens (tertiary/aromatic N) is 1. The van der Waals surface area contributed by atoms with Gasteiger partial charge in [0.15, 0.2) is 5.78 Å². The maximum absolute atomic E-state index is 12.8. The highest BCUT2D eigenvalue weighted by atomic mass is 19.1. The molecule has 0 amide bonds. The van der Waals surface area contributed by atoms with Gasteiger partial charge in [0.25, 0.3) is 0 Å². The van der Waals surface area contributed by atoms with Crippen molar-refractivity contribution in [2.75, 3.05) is 6.54 Å². The molecule has 1 unspecified atom stereocenters. The van der Waals surface area contributed by atoms with Crippen LogP contribution in [0.2, 0.25) is 0 Å². The minimum atomic E-state index is -0.492. The van der Waals surface area contributed by atoms with Crippen LogP contribution in [0.3, 0.4) is 0 Å². The van der Waals surface area contributed by atoms with Gasteiger partial charge in [0.05, 0.1) is 6.20 Å². The van der Waals surface area contributed by atoms with Crippen molar-refractivity contribution >= 4 is 5.78 Å². The molecule has 0 aliphatic carbocycles. The number of Topliss-reactive ketones (excluding diaryl/α,β-unsaturated/α-hetero) is 1. The molecule has 0 aliphatic rings. The normalized spacial score (nSPS) is 12.5. The number of ketones is 1. The number of aromatic nitrogens is 1. The molecule has 0 radical (unpaired) electrons. The molecule has 82 valence electrons. The van der Waals surface area contributed by atoms with E-state index in [2.05, 4.69) is 4.98 Å². The van der Waals surface area contributed by atoms with E-state index in [1.165, 1.54) is 12.3 Å². The smallest absolute Gasteiger partial charge is 0.168 e. The zero-order valence-electron chi connectivity index (χ0n) is 8.74. The molecule has 0 bridgehead atoms. The SMILES string of the molecule is CCCC(CN)C(=O)c1cncc(F)c1. The number of carbonyl (C=O) groups excluding carboxylic acids is 1. The molecule has 3 nitrogen and oxygen atoms in total. The van der Waals surface area contributed by atoms with E-state index < -0.39 is 5.82 Å². The average molecular weight is 210 g/mol. The second kappa shape index (κ2) is 5.56. The largest absolute Gasteiger partial charge is 0.330 e. The second-order valence-corrected chi connectivity index (χ2v) is 3.48. The average Bonchev–Trinajstić information content (AvgIpc) is 2.25. The highest BCUT2D eigenvalue weighted by molar-refractivity contribution is 5.97. The molecule has 1 heterocycles. The van der Waals surface area contributed by atoms with Crippen LogP contribution in [0.15, 0.2) is 18.5 Å². The van der Waals surface area contributed by atoms with Gasteiger partial charge in [0, 0.05) is 24.2 Å². The van der Waals surface area contributed by atoms with Gasteiger partial charge in [-0.15, -0.1) is 0 Å². The molecule has 4 heteroatoms.